The summed E-state index contributed by atoms with van der Waals surface area (Å²) in [5, 5.41) is 0. The normalized spacial score (nSPS) is 33.4. The van der Waals surface area contributed by atoms with Gasteiger partial charge in [0.15, 0.2) is 0 Å². The maximum absolute atomic E-state index is 12.8. The van der Waals surface area contributed by atoms with E-state index in [0.717, 1.165) is 32.3 Å². The molecule has 0 radical (unpaired) electrons. The lowest BCUT2D eigenvalue weighted by molar-refractivity contribution is -0.141. The second-order valence-corrected chi connectivity index (χ2v) is 8.27. The summed E-state index contributed by atoms with van der Waals surface area (Å²) in [7, 11) is 0. The number of rotatable bonds is 2. The Balaban J connectivity index is 1.60. The van der Waals surface area contributed by atoms with Gasteiger partial charge < -0.3 is 4.74 Å². The molecule has 1 aliphatic heterocycles. The van der Waals surface area contributed by atoms with Crippen LogP contribution in [-0.2, 0) is 9.53 Å². The zero-order chi connectivity index (χ0) is 14.2. The molecule has 2 saturated carbocycles. The van der Waals surface area contributed by atoms with E-state index in [0.29, 0.717) is 23.0 Å². The van der Waals surface area contributed by atoms with Crippen LogP contribution in [0.15, 0.2) is 0 Å². The standard InChI is InChI=1S/C18H30O2/c1-17(2)10-5-14(6-11-17)16(19)15-7-12-20-18(13-15)8-3-4-9-18/h14-15H,3-13H2,1-2H3. The molecule has 0 bridgehead atoms. The first-order valence-corrected chi connectivity index (χ1v) is 8.68. The van der Waals surface area contributed by atoms with Crippen LogP contribution in [0.4, 0.5) is 0 Å². The molecular formula is C18H30O2. The molecule has 3 rings (SSSR count). The van der Waals surface area contributed by atoms with Crippen molar-refractivity contribution in [2.75, 3.05) is 6.61 Å². The third-order valence-electron chi connectivity index (χ3n) is 6.15. The van der Waals surface area contributed by atoms with Crippen LogP contribution in [0.25, 0.3) is 0 Å². The Hall–Kier alpha value is -0.370. The maximum atomic E-state index is 12.8. The fraction of sp³-hybridized carbons (Fsp3) is 0.944. The van der Waals surface area contributed by atoms with E-state index in [4.69, 9.17) is 4.74 Å². The van der Waals surface area contributed by atoms with Gasteiger partial charge >= 0.3 is 0 Å². The van der Waals surface area contributed by atoms with Crippen molar-refractivity contribution in [2.24, 2.45) is 17.3 Å². The molecule has 0 aromatic rings. The SMILES string of the molecule is CC1(C)CCC(C(=O)C2CCOC3(CCCC3)C2)CC1. The van der Waals surface area contributed by atoms with Gasteiger partial charge in [0.05, 0.1) is 5.60 Å². The molecule has 2 heteroatoms. The van der Waals surface area contributed by atoms with Crippen molar-refractivity contribution in [3.05, 3.63) is 0 Å². The Labute approximate surface area is 123 Å². The third-order valence-corrected chi connectivity index (χ3v) is 6.15. The van der Waals surface area contributed by atoms with E-state index in [1.807, 2.05) is 0 Å². The Morgan fingerprint density at radius 2 is 1.60 bits per heavy atom. The summed E-state index contributed by atoms with van der Waals surface area (Å²) in [6, 6.07) is 0. The highest BCUT2D eigenvalue weighted by Crippen LogP contribution is 2.45. The van der Waals surface area contributed by atoms with Crippen molar-refractivity contribution >= 4 is 5.78 Å². The second-order valence-electron chi connectivity index (χ2n) is 8.27. The highest BCUT2D eigenvalue weighted by Gasteiger charge is 2.43. The van der Waals surface area contributed by atoms with E-state index in [1.165, 1.54) is 38.5 Å². The zero-order valence-electron chi connectivity index (χ0n) is 13.2. The van der Waals surface area contributed by atoms with E-state index in [-0.39, 0.29) is 5.60 Å². The Morgan fingerprint density at radius 3 is 2.25 bits per heavy atom. The predicted octanol–water partition coefficient (Wildman–Crippen LogP) is 4.51. The number of hydrogen-bond acceptors (Lipinski definition) is 2. The first kappa shape index (κ1) is 14.6. The summed E-state index contributed by atoms with van der Waals surface area (Å²) in [6.45, 7) is 5.50. The van der Waals surface area contributed by atoms with E-state index in [9.17, 15) is 4.79 Å². The van der Waals surface area contributed by atoms with E-state index < -0.39 is 0 Å². The van der Waals surface area contributed by atoms with Crippen molar-refractivity contribution < 1.29 is 9.53 Å². The van der Waals surface area contributed by atoms with Crippen molar-refractivity contribution in [2.45, 2.75) is 83.7 Å². The third kappa shape index (κ3) is 2.95. The van der Waals surface area contributed by atoms with Gasteiger partial charge in [-0.25, -0.2) is 0 Å². The number of ether oxygens (including phenoxy) is 1. The van der Waals surface area contributed by atoms with E-state index >= 15 is 0 Å². The highest BCUT2D eigenvalue weighted by molar-refractivity contribution is 5.83. The number of ketones is 1. The topological polar surface area (TPSA) is 26.3 Å². The van der Waals surface area contributed by atoms with Gasteiger partial charge in [0.25, 0.3) is 0 Å². The maximum Gasteiger partial charge on any atom is 0.139 e. The molecule has 1 heterocycles. The molecule has 0 amide bonds. The van der Waals surface area contributed by atoms with E-state index in [2.05, 4.69) is 13.8 Å². The van der Waals surface area contributed by atoms with Gasteiger partial charge in [0.1, 0.15) is 5.78 Å². The summed E-state index contributed by atoms with van der Waals surface area (Å²) in [5.41, 5.74) is 0.547. The Bertz CT molecular complexity index is 356. The first-order chi connectivity index (χ1) is 9.50. The summed E-state index contributed by atoms with van der Waals surface area (Å²) in [6.07, 6.45) is 11.6. The van der Waals surface area contributed by atoms with Gasteiger partial charge in [0.2, 0.25) is 0 Å². The highest BCUT2D eigenvalue weighted by atomic mass is 16.5. The molecule has 3 aliphatic rings. The van der Waals surface area contributed by atoms with Crippen LogP contribution in [0, 0.1) is 17.3 Å². The lowest BCUT2D eigenvalue weighted by atomic mass is 9.69. The summed E-state index contributed by atoms with van der Waals surface area (Å²) >= 11 is 0. The molecule has 2 aliphatic carbocycles. The fourth-order valence-corrected chi connectivity index (χ4v) is 4.66. The summed E-state index contributed by atoms with van der Waals surface area (Å²) in [5.74, 6) is 1.23. The molecule has 0 aromatic carbocycles. The lowest BCUT2D eigenvalue weighted by Gasteiger charge is -2.40. The minimum Gasteiger partial charge on any atom is -0.375 e. The van der Waals surface area contributed by atoms with Crippen molar-refractivity contribution in [3.63, 3.8) is 0 Å². The van der Waals surface area contributed by atoms with Crippen molar-refractivity contribution in [1.29, 1.82) is 0 Å². The first-order valence-electron chi connectivity index (χ1n) is 8.68. The smallest absolute Gasteiger partial charge is 0.139 e. The molecule has 20 heavy (non-hydrogen) atoms. The van der Waals surface area contributed by atoms with Crippen LogP contribution < -0.4 is 0 Å². The predicted molar refractivity (Wildman–Crippen MR) is 80.6 cm³/mol. The number of carbonyl (C=O) groups is 1. The lowest BCUT2D eigenvalue weighted by Crippen LogP contribution is -2.42. The van der Waals surface area contributed by atoms with Crippen LogP contribution >= 0.6 is 0 Å². The van der Waals surface area contributed by atoms with Crippen LogP contribution in [-0.4, -0.2) is 18.0 Å². The number of hydrogen-bond donors (Lipinski definition) is 0. The van der Waals surface area contributed by atoms with Gasteiger partial charge in [-0.05, 0) is 56.8 Å². The van der Waals surface area contributed by atoms with Gasteiger partial charge in [0, 0.05) is 18.4 Å². The summed E-state index contributed by atoms with van der Waals surface area (Å²) in [4.78, 5) is 12.8. The van der Waals surface area contributed by atoms with Crippen LogP contribution in [0.2, 0.25) is 0 Å². The average Bonchev–Trinajstić information content (AvgIpc) is 2.86. The molecule has 0 aromatic heterocycles. The second kappa shape index (κ2) is 5.44. The quantitative estimate of drug-likeness (QED) is 0.743. The molecule has 0 N–H and O–H groups in total. The average molecular weight is 278 g/mol. The minimum atomic E-state index is 0.0898. The van der Waals surface area contributed by atoms with Crippen molar-refractivity contribution in [3.8, 4) is 0 Å². The molecule has 114 valence electrons. The number of carbonyl (C=O) groups excluding carboxylic acids is 1. The monoisotopic (exact) mass is 278 g/mol. The van der Waals surface area contributed by atoms with Crippen LogP contribution in [0.1, 0.15) is 78.1 Å². The zero-order valence-corrected chi connectivity index (χ0v) is 13.2. The van der Waals surface area contributed by atoms with Crippen LogP contribution in [0.5, 0.6) is 0 Å². The van der Waals surface area contributed by atoms with Gasteiger partial charge in [-0.2, -0.15) is 0 Å². The van der Waals surface area contributed by atoms with Gasteiger partial charge in [-0.15, -0.1) is 0 Å². The molecular weight excluding hydrogens is 248 g/mol. The number of Topliss-reactive ketones (excluding diaryl/α,β-unsaturated/α-hetero) is 1. The molecule has 3 fully saturated rings. The largest absolute Gasteiger partial charge is 0.375 e. The van der Waals surface area contributed by atoms with E-state index in [1.54, 1.807) is 0 Å². The Morgan fingerprint density at radius 1 is 0.950 bits per heavy atom. The molecule has 1 atom stereocenters. The van der Waals surface area contributed by atoms with Gasteiger partial charge in [-0.1, -0.05) is 26.7 Å². The van der Waals surface area contributed by atoms with Crippen molar-refractivity contribution in [1.82, 2.24) is 0 Å². The Kier molecular flexibility index (Phi) is 3.96. The molecule has 2 nitrogen and oxygen atoms in total. The summed E-state index contributed by atoms with van der Waals surface area (Å²) < 4.78 is 6.08. The minimum absolute atomic E-state index is 0.0898. The van der Waals surface area contributed by atoms with Gasteiger partial charge in [-0.3, -0.25) is 4.79 Å². The molecule has 1 saturated heterocycles. The molecule has 1 unspecified atom stereocenters. The molecule has 1 spiro atoms. The van der Waals surface area contributed by atoms with Crippen LogP contribution in [0.3, 0.4) is 0 Å². The fourth-order valence-electron chi connectivity index (χ4n) is 4.66.